The van der Waals surface area contributed by atoms with Gasteiger partial charge in [0.05, 0.1) is 34.6 Å². The first-order chi connectivity index (χ1) is 19.2. The molecule has 0 radical (unpaired) electrons. The minimum Gasteiger partial charge on any atom is -0.618 e. The van der Waals surface area contributed by atoms with Crippen molar-refractivity contribution in [3.05, 3.63) is 89.0 Å². The summed E-state index contributed by atoms with van der Waals surface area (Å²) in [5.74, 6) is -1.65. The molecule has 0 fully saturated rings. The molecule has 206 valence electrons. The van der Waals surface area contributed by atoms with Gasteiger partial charge in [-0.25, -0.2) is 9.37 Å². The van der Waals surface area contributed by atoms with Crippen LogP contribution < -0.4 is 10.5 Å². The average molecular weight is 576 g/mol. The number of nitrogen functional groups attached to an aromatic ring is 1. The maximum absolute atomic E-state index is 15.2. The van der Waals surface area contributed by atoms with Gasteiger partial charge in [0.25, 0.3) is 0 Å². The number of ether oxygens (including phenoxy) is 1. The molecule has 1 aromatic carbocycles. The van der Waals surface area contributed by atoms with Gasteiger partial charge >= 0.3 is 6.61 Å². The van der Waals surface area contributed by atoms with Crippen LogP contribution in [0, 0.1) is 17.0 Å². The van der Waals surface area contributed by atoms with Gasteiger partial charge in [-0.05, 0) is 40.8 Å². The Hall–Kier alpha value is -4.63. The van der Waals surface area contributed by atoms with Crippen LogP contribution in [0.1, 0.15) is 18.2 Å². The van der Waals surface area contributed by atoms with Gasteiger partial charge in [0.1, 0.15) is 18.2 Å². The molecule has 11 nitrogen and oxygen atoms in total. The SMILES string of the molecule is Nc1ccc(-c2cnn([C@H](CCOC(F)F)c3ccc(-c4c(-n5cnnn5)ccc(Cl)c4F)c[n+]3[O-])c2)c(F)n1. The first-order valence-corrected chi connectivity index (χ1v) is 11.9. The summed E-state index contributed by atoms with van der Waals surface area (Å²) in [6.07, 6.45) is 5.02. The number of pyridine rings is 2. The lowest BCUT2D eigenvalue weighted by Crippen LogP contribution is -2.36. The highest BCUT2D eigenvalue weighted by atomic mass is 35.5. The first kappa shape index (κ1) is 27.0. The van der Waals surface area contributed by atoms with E-state index >= 15 is 4.39 Å². The van der Waals surface area contributed by atoms with Crippen LogP contribution in [0.5, 0.6) is 0 Å². The van der Waals surface area contributed by atoms with Crippen LogP contribution in [-0.2, 0) is 4.74 Å². The molecule has 5 rings (SSSR count). The third kappa shape index (κ3) is 5.41. The second-order valence-electron chi connectivity index (χ2n) is 8.40. The smallest absolute Gasteiger partial charge is 0.345 e. The molecule has 2 N–H and O–H groups in total. The number of anilines is 1. The molecule has 16 heteroatoms. The van der Waals surface area contributed by atoms with E-state index in [1.807, 2.05) is 0 Å². The highest BCUT2D eigenvalue weighted by molar-refractivity contribution is 6.31. The summed E-state index contributed by atoms with van der Waals surface area (Å²) < 4.78 is 62.4. The predicted molar refractivity (Wildman–Crippen MR) is 133 cm³/mol. The number of nitrogens with zero attached hydrogens (tertiary/aromatic N) is 8. The third-order valence-electron chi connectivity index (χ3n) is 5.98. The van der Waals surface area contributed by atoms with Crippen molar-refractivity contribution in [3.63, 3.8) is 0 Å². The van der Waals surface area contributed by atoms with Crippen molar-refractivity contribution in [1.29, 1.82) is 0 Å². The fourth-order valence-corrected chi connectivity index (χ4v) is 4.33. The number of benzene rings is 1. The van der Waals surface area contributed by atoms with E-state index in [1.165, 1.54) is 64.5 Å². The monoisotopic (exact) mass is 575 g/mol. The molecule has 0 amide bonds. The summed E-state index contributed by atoms with van der Waals surface area (Å²) in [5.41, 5.74) is 6.31. The van der Waals surface area contributed by atoms with E-state index in [-0.39, 0.29) is 45.3 Å². The molecule has 1 atom stereocenters. The molecule has 0 saturated carbocycles. The van der Waals surface area contributed by atoms with E-state index in [0.29, 0.717) is 10.3 Å². The molecular formula is C24H18ClF4N9O2. The first-order valence-electron chi connectivity index (χ1n) is 11.5. The number of tetrazole rings is 1. The van der Waals surface area contributed by atoms with Crippen LogP contribution in [0.4, 0.5) is 23.4 Å². The van der Waals surface area contributed by atoms with E-state index in [1.54, 1.807) is 0 Å². The summed E-state index contributed by atoms with van der Waals surface area (Å²) in [7, 11) is 0. The van der Waals surface area contributed by atoms with Crippen molar-refractivity contribution in [1.82, 2.24) is 35.0 Å². The topological polar surface area (TPSA) is 136 Å². The van der Waals surface area contributed by atoms with Crippen LogP contribution in [0.2, 0.25) is 5.02 Å². The normalized spacial score (nSPS) is 12.2. The van der Waals surface area contributed by atoms with Crippen molar-refractivity contribution in [3.8, 4) is 27.9 Å². The second kappa shape index (κ2) is 11.2. The number of aromatic nitrogens is 8. The quantitative estimate of drug-likeness (QED) is 0.121. The Morgan fingerprint density at radius 3 is 2.62 bits per heavy atom. The van der Waals surface area contributed by atoms with Gasteiger partial charge in [-0.3, -0.25) is 4.68 Å². The number of nitrogens with two attached hydrogens (primary N) is 1. The van der Waals surface area contributed by atoms with Gasteiger partial charge in [0.2, 0.25) is 11.6 Å². The van der Waals surface area contributed by atoms with Crippen LogP contribution in [-0.4, -0.2) is 48.2 Å². The second-order valence-corrected chi connectivity index (χ2v) is 8.80. The Kier molecular flexibility index (Phi) is 7.57. The Bertz CT molecular complexity index is 1650. The zero-order valence-electron chi connectivity index (χ0n) is 20.2. The number of alkyl halides is 2. The largest absolute Gasteiger partial charge is 0.618 e. The van der Waals surface area contributed by atoms with Crippen LogP contribution in [0.15, 0.2) is 61.3 Å². The number of hydrogen-bond acceptors (Lipinski definition) is 8. The summed E-state index contributed by atoms with van der Waals surface area (Å²) in [6.45, 7) is -3.45. The molecule has 4 heterocycles. The Morgan fingerprint density at radius 1 is 1.10 bits per heavy atom. The van der Waals surface area contributed by atoms with Gasteiger partial charge in [-0.2, -0.15) is 27.7 Å². The molecular weight excluding hydrogens is 558 g/mol. The zero-order valence-corrected chi connectivity index (χ0v) is 21.0. The van der Waals surface area contributed by atoms with Crippen LogP contribution in [0.25, 0.3) is 27.9 Å². The van der Waals surface area contributed by atoms with E-state index < -0.39 is 31.0 Å². The highest BCUT2D eigenvalue weighted by Crippen LogP contribution is 2.34. The fourth-order valence-electron chi connectivity index (χ4n) is 4.17. The summed E-state index contributed by atoms with van der Waals surface area (Å²) >= 11 is 6.01. The van der Waals surface area contributed by atoms with Crippen molar-refractivity contribution >= 4 is 17.4 Å². The molecule has 40 heavy (non-hydrogen) atoms. The standard InChI is InChI=1S/C24H18ClF4N9O2/c25-16-3-5-19(37-12-31-34-35-37)21(22(16)26)13-1-4-18(38(39)11-13)17(7-8-40-24(28)29)36-10-14(9-32-36)15-2-6-20(30)33-23(15)27/h1-6,9-12,17,24H,7-8H2,(H2,30,33)/t17-/m1/s1. The van der Waals surface area contributed by atoms with Gasteiger partial charge in [0, 0.05) is 29.8 Å². The van der Waals surface area contributed by atoms with Crippen molar-refractivity contribution in [2.24, 2.45) is 0 Å². The predicted octanol–water partition coefficient (Wildman–Crippen LogP) is 3.95. The van der Waals surface area contributed by atoms with E-state index in [0.717, 1.165) is 6.20 Å². The van der Waals surface area contributed by atoms with Crippen molar-refractivity contribution < 1.29 is 27.0 Å². The van der Waals surface area contributed by atoms with E-state index in [9.17, 15) is 18.4 Å². The van der Waals surface area contributed by atoms with E-state index in [2.05, 4.69) is 30.3 Å². The van der Waals surface area contributed by atoms with Crippen molar-refractivity contribution in [2.75, 3.05) is 12.3 Å². The van der Waals surface area contributed by atoms with Gasteiger partial charge in [-0.15, -0.1) is 5.10 Å². The lowest BCUT2D eigenvalue weighted by Gasteiger charge is -2.18. The molecule has 0 bridgehead atoms. The molecule has 0 aliphatic carbocycles. The fraction of sp³-hybridized carbons (Fsp3) is 0.167. The summed E-state index contributed by atoms with van der Waals surface area (Å²) in [4.78, 5) is 3.59. The Labute approximate surface area is 228 Å². The minimum absolute atomic E-state index is 0.0115. The number of hydrogen-bond donors (Lipinski definition) is 1. The molecule has 0 aliphatic rings. The number of halogens is 5. The highest BCUT2D eigenvalue weighted by Gasteiger charge is 2.26. The lowest BCUT2D eigenvalue weighted by atomic mass is 10.0. The molecule has 0 aliphatic heterocycles. The van der Waals surface area contributed by atoms with Crippen molar-refractivity contribution in [2.45, 2.75) is 19.1 Å². The molecule has 4 aromatic heterocycles. The molecule has 0 spiro atoms. The van der Waals surface area contributed by atoms with Gasteiger partial charge in [-0.1, -0.05) is 11.6 Å². The number of rotatable bonds is 9. The minimum atomic E-state index is -3.03. The molecule has 0 saturated heterocycles. The third-order valence-corrected chi connectivity index (χ3v) is 6.27. The Balaban J connectivity index is 1.55. The zero-order chi connectivity index (χ0) is 28.4. The van der Waals surface area contributed by atoms with Crippen LogP contribution >= 0.6 is 11.6 Å². The van der Waals surface area contributed by atoms with Gasteiger partial charge in [0.15, 0.2) is 12.0 Å². The average Bonchev–Trinajstić information content (AvgIpc) is 3.61. The maximum Gasteiger partial charge on any atom is 0.345 e. The van der Waals surface area contributed by atoms with E-state index in [4.69, 9.17) is 17.3 Å². The maximum atomic E-state index is 15.2. The summed E-state index contributed by atoms with van der Waals surface area (Å²) in [5, 5.41) is 28.2. The molecule has 5 aromatic rings. The summed E-state index contributed by atoms with van der Waals surface area (Å²) in [6, 6.07) is 7.57. The Morgan fingerprint density at radius 2 is 1.93 bits per heavy atom. The lowest BCUT2D eigenvalue weighted by molar-refractivity contribution is -0.615. The molecule has 0 unspecified atom stereocenters. The van der Waals surface area contributed by atoms with Gasteiger partial charge < -0.3 is 15.7 Å². The van der Waals surface area contributed by atoms with Crippen LogP contribution in [0.3, 0.4) is 0 Å².